The molecule has 0 spiro atoms. The number of rotatable bonds is 4. The van der Waals surface area contributed by atoms with E-state index in [1.165, 1.54) is 77.2 Å². The molecule has 0 radical (unpaired) electrons. The Hall–Kier alpha value is -6.25. The smallest absolute Gasteiger partial charge is 0.137 e. The number of hydrogen-bond donors (Lipinski definition) is 0. The highest BCUT2D eigenvalue weighted by Crippen LogP contribution is 2.58. The van der Waals surface area contributed by atoms with E-state index in [0.29, 0.717) is 0 Å². The minimum atomic E-state index is 0.942. The summed E-state index contributed by atoms with van der Waals surface area (Å²) in [5, 5.41) is 5.14. The largest absolute Gasteiger partial charge is 0.306 e. The van der Waals surface area contributed by atoms with Crippen molar-refractivity contribution >= 4 is 27.2 Å². The Morgan fingerprint density at radius 2 is 0.872 bits per heavy atom. The van der Waals surface area contributed by atoms with Gasteiger partial charge in [0.2, 0.25) is 0 Å². The second-order valence-electron chi connectivity index (χ2n) is 12.3. The fourth-order valence-electron chi connectivity index (χ4n) is 7.76. The third-order valence-corrected chi connectivity index (χ3v) is 9.75. The first-order valence-electron chi connectivity index (χ1n) is 16.1. The van der Waals surface area contributed by atoms with E-state index in [1.807, 2.05) is 6.07 Å². The van der Waals surface area contributed by atoms with E-state index in [4.69, 9.17) is 4.98 Å². The van der Waals surface area contributed by atoms with Gasteiger partial charge in [-0.15, -0.1) is 0 Å². The maximum atomic E-state index is 4.91. The molecule has 2 aromatic heterocycles. The molecule has 0 saturated carbocycles. The molecule has 47 heavy (non-hydrogen) atoms. The van der Waals surface area contributed by atoms with Crippen molar-refractivity contribution in [2.75, 3.05) is 0 Å². The van der Waals surface area contributed by atoms with Crippen molar-refractivity contribution in [1.82, 2.24) is 9.38 Å². The van der Waals surface area contributed by atoms with Gasteiger partial charge in [-0.05, 0) is 89.3 Å². The van der Waals surface area contributed by atoms with Gasteiger partial charge in [0, 0.05) is 18.0 Å². The molecule has 10 rings (SSSR count). The second-order valence-corrected chi connectivity index (χ2v) is 12.3. The molecule has 0 saturated heterocycles. The fourth-order valence-corrected chi connectivity index (χ4v) is 7.76. The molecule has 0 amide bonds. The Balaban J connectivity index is 1.26. The van der Waals surface area contributed by atoms with E-state index in [2.05, 4.69) is 168 Å². The molecular weight excluding hydrogens is 569 g/mol. The lowest BCUT2D eigenvalue weighted by atomic mass is 9.82. The van der Waals surface area contributed by atoms with E-state index >= 15 is 0 Å². The number of benzene rings is 7. The summed E-state index contributed by atoms with van der Waals surface area (Å²) >= 11 is 0. The summed E-state index contributed by atoms with van der Waals surface area (Å²) in [5.41, 5.74) is 15.8. The molecule has 7 aromatic carbocycles. The summed E-state index contributed by atoms with van der Waals surface area (Å²) in [5.74, 6) is 0. The third kappa shape index (κ3) is 3.89. The molecule has 0 unspecified atom stereocenters. The van der Waals surface area contributed by atoms with Crippen LogP contribution in [0.3, 0.4) is 0 Å². The molecule has 0 aliphatic heterocycles. The molecule has 2 heterocycles. The van der Waals surface area contributed by atoms with Crippen molar-refractivity contribution in [2.45, 2.75) is 0 Å². The Morgan fingerprint density at radius 1 is 0.340 bits per heavy atom. The number of fused-ring (bicyclic) bond motifs is 5. The van der Waals surface area contributed by atoms with E-state index in [-0.39, 0.29) is 0 Å². The van der Waals surface area contributed by atoms with Crippen LogP contribution in [0.5, 0.6) is 0 Å². The van der Waals surface area contributed by atoms with Gasteiger partial charge in [-0.3, -0.25) is 0 Å². The van der Waals surface area contributed by atoms with Gasteiger partial charge in [0.1, 0.15) is 5.65 Å². The minimum Gasteiger partial charge on any atom is -0.306 e. The van der Waals surface area contributed by atoms with Crippen LogP contribution in [0.1, 0.15) is 0 Å². The first kappa shape index (κ1) is 26.0. The highest BCUT2D eigenvalue weighted by molar-refractivity contribution is 6.28. The number of pyridine rings is 1. The molecule has 2 heteroatoms. The zero-order valence-corrected chi connectivity index (χ0v) is 25.6. The minimum absolute atomic E-state index is 0.942. The number of aromatic nitrogens is 2. The molecule has 1 aliphatic carbocycles. The van der Waals surface area contributed by atoms with Crippen LogP contribution >= 0.6 is 0 Å². The SMILES string of the molecule is c1ccc(-c2cn3cc(-c4ccc5c6c(cccc46)-c4c-5c(-c5ccccc5)c5ccccc5c4-c4ccccc4)ccc3n2)cc1. The van der Waals surface area contributed by atoms with Crippen LogP contribution in [0.4, 0.5) is 0 Å². The summed E-state index contributed by atoms with van der Waals surface area (Å²) in [7, 11) is 0. The Labute approximate surface area is 272 Å². The standard InChI is InChI=1S/C45H28N2/c1-4-13-29(14-5-1)39-28-47-27-32(23-26-40(47)46-39)33-24-25-38-43-34(33)21-12-22-37(43)44-41(30-15-6-2-7-16-30)35-19-10-11-20-36(35)42(45(38)44)31-17-8-3-9-18-31/h1-28H. The Kier molecular flexibility index (Phi) is 5.61. The van der Waals surface area contributed by atoms with Gasteiger partial charge in [-0.25, -0.2) is 4.98 Å². The second kappa shape index (κ2) is 10.1. The topological polar surface area (TPSA) is 17.3 Å². The normalized spacial score (nSPS) is 11.8. The van der Waals surface area contributed by atoms with Crippen molar-refractivity contribution in [3.05, 3.63) is 170 Å². The first-order chi connectivity index (χ1) is 23.3. The molecule has 0 N–H and O–H groups in total. The number of nitrogens with zero attached hydrogens (tertiary/aromatic N) is 2. The predicted octanol–water partition coefficient (Wildman–Crippen LogP) is 12.0. The average Bonchev–Trinajstić information content (AvgIpc) is 3.72. The average molecular weight is 597 g/mol. The van der Waals surface area contributed by atoms with Gasteiger partial charge in [-0.2, -0.15) is 0 Å². The molecule has 218 valence electrons. The fraction of sp³-hybridized carbons (Fsp3) is 0. The van der Waals surface area contributed by atoms with E-state index in [1.54, 1.807) is 0 Å². The quantitative estimate of drug-likeness (QED) is 0.198. The van der Waals surface area contributed by atoms with E-state index in [9.17, 15) is 0 Å². The van der Waals surface area contributed by atoms with Crippen molar-refractivity contribution in [3.8, 4) is 66.9 Å². The van der Waals surface area contributed by atoms with Crippen molar-refractivity contribution < 1.29 is 0 Å². The maximum absolute atomic E-state index is 4.91. The van der Waals surface area contributed by atoms with Gasteiger partial charge in [0.25, 0.3) is 0 Å². The number of hydrogen-bond acceptors (Lipinski definition) is 1. The van der Waals surface area contributed by atoms with Crippen LogP contribution in [0, 0.1) is 0 Å². The Bertz CT molecular complexity index is 2560. The summed E-state index contributed by atoms with van der Waals surface area (Å²) in [6.45, 7) is 0. The lowest BCUT2D eigenvalue weighted by Gasteiger charge is -2.20. The molecule has 0 bridgehead atoms. The summed E-state index contributed by atoms with van der Waals surface area (Å²) in [4.78, 5) is 4.91. The zero-order valence-electron chi connectivity index (χ0n) is 25.6. The van der Waals surface area contributed by atoms with Crippen LogP contribution in [-0.2, 0) is 0 Å². The third-order valence-electron chi connectivity index (χ3n) is 9.75. The Morgan fingerprint density at radius 3 is 1.51 bits per heavy atom. The van der Waals surface area contributed by atoms with Crippen LogP contribution in [-0.4, -0.2) is 9.38 Å². The zero-order chi connectivity index (χ0) is 30.9. The van der Waals surface area contributed by atoms with Crippen LogP contribution in [0.15, 0.2) is 170 Å². The lowest BCUT2D eigenvalue weighted by Crippen LogP contribution is -1.93. The van der Waals surface area contributed by atoms with E-state index in [0.717, 1.165) is 16.9 Å². The summed E-state index contributed by atoms with van der Waals surface area (Å²) < 4.78 is 2.16. The molecule has 0 fully saturated rings. The summed E-state index contributed by atoms with van der Waals surface area (Å²) in [6.07, 6.45) is 4.36. The lowest BCUT2D eigenvalue weighted by molar-refractivity contribution is 1.19. The highest BCUT2D eigenvalue weighted by Gasteiger charge is 2.31. The van der Waals surface area contributed by atoms with E-state index < -0.39 is 0 Å². The van der Waals surface area contributed by atoms with Crippen molar-refractivity contribution in [1.29, 1.82) is 0 Å². The highest BCUT2D eigenvalue weighted by atomic mass is 15.0. The molecule has 2 nitrogen and oxygen atoms in total. The van der Waals surface area contributed by atoms with Gasteiger partial charge in [-0.1, -0.05) is 146 Å². The monoisotopic (exact) mass is 596 g/mol. The molecule has 1 aliphatic rings. The predicted molar refractivity (Wildman–Crippen MR) is 196 cm³/mol. The van der Waals surface area contributed by atoms with Gasteiger partial charge in [0.05, 0.1) is 5.69 Å². The van der Waals surface area contributed by atoms with Crippen LogP contribution in [0.25, 0.3) is 94.1 Å². The van der Waals surface area contributed by atoms with Gasteiger partial charge >= 0.3 is 0 Å². The number of imidazole rings is 1. The van der Waals surface area contributed by atoms with Crippen LogP contribution in [0.2, 0.25) is 0 Å². The molecule has 9 aromatic rings. The van der Waals surface area contributed by atoms with Crippen LogP contribution < -0.4 is 0 Å². The van der Waals surface area contributed by atoms with Gasteiger partial charge in [0.15, 0.2) is 0 Å². The molecule has 0 atom stereocenters. The van der Waals surface area contributed by atoms with Gasteiger partial charge < -0.3 is 4.40 Å². The first-order valence-corrected chi connectivity index (χ1v) is 16.1. The van der Waals surface area contributed by atoms with Crippen molar-refractivity contribution in [2.24, 2.45) is 0 Å². The van der Waals surface area contributed by atoms with Crippen molar-refractivity contribution in [3.63, 3.8) is 0 Å². The molecular formula is C45H28N2. The summed E-state index contributed by atoms with van der Waals surface area (Å²) in [6, 6.07) is 57.0. The maximum Gasteiger partial charge on any atom is 0.137 e.